The molecule has 2 heterocycles. The predicted molar refractivity (Wildman–Crippen MR) is 110 cm³/mol. The maximum Gasteiger partial charge on any atom is 0.269 e. The van der Waals surface area contributed by atoms with E-state index in [0.29, 0.717) is 5.75 Å². The molecule has 1 fully saturated rings. The summed E-state index contributed by atoms with van der Waals surface area (Å²) < 4.78 is 2.11. The Kier molecular flexibility index (Phi) is 5.29. The topological polar surface area (TPSA) is 77.1 Å². The molecule has 0 N–H and O–H groups in total. The highest BCUT2D eigenvalue weighted by atomic mass is 32.2. The summed E-state index contributed by atoms with van der Waals surface area (Å²) in [5.41, 5.74) is 3.37. The summed E-state index contributed by atoms with van der Waals surface area (Å²) in [5, 5.41) is 20.6. The van der Waals surface area contributed by atoms with Gasteiger partial charge in [-0.15, -0.1) is 10.2 Å². The van der Waals surface area contributed by atoms with Crippen LogP contribution in [0.4, 0.5) is 11.6 Å². The van der Waals surface area contributed by atoms with Crippen molar-refractivity contribution in [3.63, 3.8) is 0 Å². The molecule has 0 saturated carbocycles. The summed E-state index contributed by atoms with van der Waals surface area (Å²) in [5.74, 6) is 1.55. The van der Waals surface area contributed by atoms with E-state index >= 15 is 0 Å². The molecule has 0 bridgehead atoms. The molecule has 28 heavy (non-hydrogen) atoms. The first-order chi connectivity index (χ1) is 13.6. The van der Waals surface area contributed by atoms with Gasteiger partial charge in [-0.3, -0.25) is 14.7 Å². The van der Waals surface area contributed by atoms with Crippen molar-refractivity contribution in [2.75, 3.05) is 18.0 Å². The number of nitro groups is 1. The Balaban J connectivity index is 1.61. The first-order valence-corrected chi connectivity index (χ1v) is 10.2. The van der Waals surface area contributed by atoms with Crippen LogP contribution in [0.1, 0.15) is 24.0 Å². The van der Waals surface area contributed by atoms with E-state index in [2.05, 4.69) is 50.9 Å². The minimum absolute atomic E-state index is 0.105. The number of anilines is 1. The second-order valence-corrected chi connectivity index (χ2v) is 7.80. The fourth-order valence-electron chi connectivity index (χ4n) is 3.26. The molecule has 4 rings (SSSR count). The van der Waals surface area contributed by atoms with Gasteiger partial charge in [-0.1, -0.05) is 41.6 Å². The molecule has 0 aliphatic carbocycles. The molecule has 1 aromatic heterocycles. The Bertz CT molecular complexity index is 963. The average Bonchev–Trinajstić information content (AvgIpc) is 3.37. The number of hydrogen-bond donors (Lipinski definition) is 0. The lowest BCUT2D eigenvalue weighted by Gasteiger charge is -2.18. The highest BCUT2D eigenvalue weighted by Crippen LogP contribution is 2.30. The number of nitro benzene ring substituents is 1. The van der Waals surface area contributed by atoms with Gasteiger partial charge >= 0.3 is 0 Å². The van der Waals surface area contributed by atoms with Crippen molar-refractivity contribution >= 4 is 23.4 Å². The van der Waals surface area contributed by atoms with E-state index in [-0.39, 0.29) is 10.6 Å². The Labute approximate surface area is 167 Å². The van der Waals surface area contributed by atoms with E-state index in [1.54, 1.807) is 23.9 Å². The van der Waals surface area contributed by atoms with Gasteiger partial charge in [-0.05, 0) is 37.5 Å². The van der Waals surface area contributed by atoms with E-state index in [1.165, 1.54) is 30.5 Å². The SMILES string of the molecule is Cc1ccc(-n2c(SCc3ccc([N+](=O)[O-])cc3)nnc2N2CCCC2)cc1. The van der Waals surface area contributed by atoms with Crippen LogP contribution in [-0.2, 0) is 5.75 Å². The first kappa shape index (κ1) is 18.5. The summed E-state index contributed by atoms with van der Waals surface area (Å²) in [7, 11) is 0. The monoisotopic (exact) mass is 395 g/mol. The second-order valence-electron chi connectivity index (χ2n) is 6.86. The van der Waals surface area contributed by atoms with Crippen molar-refractivity contribution < 1.29 is 4.92 Å². The van der Waals surface area contributed by atoms with Crippen molar-refractivity contribution in [3.8, 4) is 5.69 Å². The van der Waals surface area contributed by atoms with E-state index < -0.39 is 0 Å². The standard InChI is InChI=1S/C20H21N5O2S/c1-15-4-8-17(9-5-15)24-19(23-12-2-3-13-23)21-22-20(24)28-14-16-6-10-18(11-7-16)25(26)27/h4-11H,2-3,12-14H2,1H3. The molecule has 0 atom stereocenters. The van der Waals surface area contributed by atoms with Crippen LogP contribution >= 0.6 is 11.8 Å². The normalized spacial score (nSPS) is 13.8. The van der Waals surface area contributed by atoms with Gasteiger partial charge in [0.1, 0.15) is 0 Å². The molecule has 2 aromatic carbocycles. The molecule has 7 nitrogen and oxygen atoms in total. The molecular weight excluding hydrogens is 374 g/mol. The number of aryl methyl sites for hydroxylation is 1. The molecule has 3 aromatic rings. The lowest BCUT2D eigenvalue weighted by molar-refractivity contribution is -0.384. The molecule has 0 amide bonds. The van der Waals surface area contributed by atoms with Crippen LogP contribution in [0.3, 0.4) is 0 Å². The minimum atomic E-state index is -0.382. The van der Waals surface area contributed by atoms with Gasteiger partial charge in [0.25, 0.3) is 5.69 Å². The van der Waals surface area contributed by atoms with Crippen LogP contribution < -0.4 is 4.90 Å². The van der Waals surface area contributed by atoms with Gasteiger partial charge in [-0.2, -0.15) is 0 Å². The molecule has 0 unspecified atom stereocenters. The zero-order valence-corrected chi connectivity index (χ0v) is 16.4. The zero-order chi connectivity index (χ0) is 19.5. The van der Waals surface area contributed by atoms with E-state index in [4.69, 9.17) is 0 Å². The van der Waals surface area contributed by atoms with Crippen LogP contribution in [0.25, 0.3) is 5.69 Å². The van der Waals surface area contributed by atoms with Crippen molar-refractivity contribution in [3.05, 3.63) is 69.8 Å². The van der Waals surface area contributed by atoms with Crippen molar-refractivity contribution in [1.82, 2.24) is 14.8 Å². The number of aromatic nitrogens is 3. The highest BCUT2D eigenvalue weighted by molar-refractivity contribution is 7.98. The van der Waals surface area contributed by atoms with Gasteiger partial charge in [0, 0.05) is 31.0 Å². The van der Waals surface area contributed by atoms with Gasteiger partial charge in [0.15, 0.2) is 5.16 Å². The first-order valence-electron chi connectivity index (χ1n) is 9.25. The Morgan fingerprint density at radius 3 is 2.36 bits per heavy atom. The van der Waals surface area contributed by atoms with Crippen LogP contribution in [0.5, 0.6) is 0 Å². The van der Waals surface area contributed by atoms with E-state index in [9.17, 15) is 10.1 Å². The molecule has 8 heteroatoms. The summed E-state index contributed by atoms with van der Waals surface area (Å²) in [6.45, 7) is 4.07. The number of thioether (sulfide) groups is 1. The largest absolute Gasteiger partial charge is 0.341 e. The van der Waals surface area contributed by atoms with Crippen molar-refractivity contribution in [2.45, 2.75) is 30.7 Å². The third-order valence-corrected chi connectivity index (χ3v) is 5.81. The summed E-state index contributed by atoms with van der Waals surface area (Å²) in [6, 6.07) is 15.0. The number of hydrogen-bond acceptors (Lipinski definition) is 6. The fourth-order valence-corrected chi connectivity index (χ4v) is 4.16. The van der Waals surface area contributed by atoms with Crippen molar-refractivity contribution in [2.24, 2.45) is 0 Å². The molecule has 0 spiro atoms. The molecular formula is C20H21N5O2S. The molecule has 144 valence electrons. The lowest BCUT2D eigenvalue weighted by atomic mass is 10.2. The third kappa shape index (κ3) is 3.87. The zero-order valence-electron chi connectivity index (χ0n) is 15.6. The van der Waals surface area contributed by atoms with Crippen LogP contribution in [-0.4, -0.2) is 32.8 Å². The van der Waals surface area contributed by atoms with Crippen LogP contribution in [0.2, 0.25) is 0 Å². The van der Waals surface area contributed by atoms with Crippen LogP contribution in [0.15, 0.2) is 53.7 Å². The number of rotatable bonds is 6. The smallest absolute Gasteiger partial charge is 0.269 e. The molecule has 1 saturated heterocycles. The highest BCUT2D eigenvalue weighted by Gasteiger charge is 2.22. The summed E-state index contributed by atoms with van der Waals surface area (Å²) in [6.07, 6.45) is 2.35. The van der Waals surface area contributed by atoms with Gasteiger partial charge in [-0.25, -0.2) is 0 Å². The molecule has 1 aliphatic rings. The van der Waals surface area contributed by atoms with Crippen LogP contribution in [0, 0.1) is 17.0 Å². The predicted octanol–water partition coefficient (Wildman–Crippen LogP) is 4.38. The maximum absolute atomic E-state index is 10.8. The minimum Gasteiger partial charge on any atom is -0.341 e. The van der Waals surface area contributed by atoms with Gasteiger partial charge in [0.2, 0.25) is 5.95 Å². The molecule has 1 aliphatic heterocycles. The Morgan fingerprint density at radius 1 is 1.04 bits per heavy atom. The van der Waals surface area contributed by atoms with E-state index in [0.717, 1.165) is 35.4 Å². The summed E-state index contributed by atoms with van der Waals surface area (Å²) in [4.78, 5) is 12.7. The fraction of sp³-hybridized carbons (Fsp3) is 0.300. The number of nitrogens with zero attached hydrogens (tertiary/aromatic N) is 5. The summed E-state index contributed by atoms with van der Waals surface area (Å²) >= 11 is 1.59. The molecule has 0 radical (unpaired) electrons. The number of benzene rings is 2. The van der Waals surface area contributed by atoms with Gasteiger partial charge in [0.05, 0.1) is 10.6 Å². The third-order valence-electron chi connectivity index (χ3n) is 4.81. The quantitative estimate of drug-likeness (QED) is 0.350. The Morgan fingerprint density at radius 2 is 1.71 bits per heavy atom. The van der Waals surface area contributed by atoms with E-state index in [1.807, 2.05) is 0 Å². The lowest BCUT2D eigenvalue weighted by Crippen LogP contribution is -2.22. The van der Waals surface area contributed by atoms with Crippen molar-refractivity contribution in [1.29, 1.82) is 0 Å². The average molecular weight is 395 g/mol. The number of non-ortho nitro benzene ring substituents is 1. The second kappa shape index (κ2) is 8.02. The Hall–Kier alpha value is -2.87. The maximum atomic E-state index is 10.8. The van der Waals surface area contributed by atoms with Gasteiger partial charge < -0.3 is 4.90 Å².